The zero-order chi connectivity index (χ0) is 18.1. The lowest BCUT2D eigenvalue weighted by Crippen LogP contribution is -2.13. The topological polar surface area (TPSA) is 38.7 Å². The summed E-state index contributed by atoms with van der Waals surface area (Å²) in [6.45, 7) is 6.30. The molecule has 0 atom stereocenters. The van der Waals surface area contributed by atoms with Crippen molar-refractivity contribution in [1.29, 1.82) is 0 Å². The number of nitrogens with zero attached hydrogens (tertiary/aromatic N) is 1. The highest BCUT2D eigenvalue weighted by atomic mass is 16.5. The number of carbonyl (C=O) groups is 1. The van der Waals surface area contributed by atoms with Crippen LogP contribution in [0.15, 0.2) is 53.5 Å². The minimum atomic E-state index is -0.333. The first-order chi connectivity index (χ1) is 12.1. The van der Waals surface area contributed by atoms with Crippen molar-refractivity contribution in [3.63, 3.8) is 0 Å². The molecule has 0 aliphatic rings. The van der Waals surface area contributed by atoms with Gasteiger partial charge in [0.1, 0.15) is 0 Å². The van der Waals surface area contributed by atoms with Crippen LogP contribution < -0.4 is 0 Å². The zero-order valence-corrected chi connectivity index (χ0v) is 15.4. The van der Waals surface area contributed by atoms with Crippen molar-refractivity contribution in [3.8, 4) is 0 Å². The summed E-state index contributed by atoms with van der Waals surface area (Å²) in [6, 6.07) is 15.4. The predicted molar refractivity (Wildman–Crippen MR) is 104 cm³/mol. The highest BCUT2D eigenvalue weighted by Gasteiger charge is 2.13. The smallest absolute Gasteiger partial charge is 0.344 e. The third-order valence-electron chi connectivity index (χ3n) is 4.07. The number of carbonyl (C=O) groups excluding carboxylic acids is 1. The Morgan fingerprint density at radius 1 is 1.04 bits per heavy atom. The van der Waals surface area contributed by atoms with Crippen LogP contribution in [0.1, 0.15) is 61.0 Å². The molecule has 3 nitrogen and oxygen atoms in total. The van der Waals surface area contributed by atoms with Gasteiger partial charge in [0.2, 0.25) is 0 Å². The highest BCUT2D eigenvalue weighted by Crippen LogP contribution is 2.17. The molecule has 0 aliphatic carbocycles. The quantitative estimate of drug-likeness (QED) is 0.352. The second-order valence-corrected chi connectivity index (χ2v) is 6.23. The van der Waals surface area contributed by atoms with Gasteiger partial charge in [-0.2, -0.15) is 0 Å². The molecule has 0 N–H and O–H groups in total. The van der Waals surface area contributed by atoms with Crippen LogP contribution in [0.25, 0.3) is 0 Å². The van der Waals surface area contributed by atoms with Crippen molar-refractivity contribution in [2.45, 2.75) is 52.9 Å². The van der Waals surface area contributed by atoms with E-state index in [2.05, 4.69) is 18.8 Å². The number of rotatable bonds is 7. The summed E-state index contributed by atoms with van der Waals surface area (Å²) >= 11 is 0. The molecule has 25 heavy (non-hydrogen) atoms. The van der Waals surface area contributed by atoms with Crippen LogP contribution in [0.2, 0.25) is 0 Å². The summed E-state index contributed by atoms with van der Waals surface area (Å²) < 4.78 is 5.59. The van der Waals surface area contributed by atoms with Gasteiger partial charge in [0.25, 0.3) is 0 Å². The Kier molecular flexibility index (Phi) is 7.39. The summed E-state index contributed by atoms with van der Waals surface area (Å²) in [4.78, 5) is 17.0. The fourth-order valence-corrected chi connectivity index (χ4v) is 2.59. The average Bonchev–Trinajstić information content (AvgIpc) is 2.62. The lowest BCUT2D eigenvalue weighted by atomic mass is 10.0. The first kappa shape index (κ1) is 18.9. The van der Waals surface area contributed by atoms with Gasteiger partial charge in [-0.05, 0) is 61.6 Å². The number of ether oxygens (including phenoxy) is 1. The number of hydrogen-bond donors (Lipinski definition) is 0. The van der Waals surface area contributed by atoms with Crippen LogP contribution in [-0.2, 0) is 11.2 Å². The van der Waals surface area contributed by atoms with E-state index in [1.165, 1.54) is 11.1 Å². The number of unbranched alkanes of at least 4 members (excludes halogenated alkanes) is 1. The van der Waals surface area contributed by atoms with Crippen molar-refractivity contribution >= 4 is 17.6 Å². The summed E-state index contributed by atoms with van der Waals surface area (Å²) in [5.74, 6) is 0.135. The molecule has 0 aromatic heterocycles. The van der Waals surface area contributed by atoms with E-state index in [1.54, 1.807) is 0 Å². The molecule has 0 saturated carbocycles. The van der Waals surface area contributed by atoms with E-state index < -0.39 is 0 Å². The Morgan fingerprint density at radius 3 is 2.48 bits per heavy atom. The van der Waals surface area contributed by atoms with Gasteiger partial charge in [0.05, 0.1) is 11.3 Å². The zero-order valence-electron chi connectivity index (χ0n) is 15.4. The van der Waals surface area contributed by atoms with Crippen LogP contribution in [0.5, 0.6) is 0 Å². The van der Waals surface area contributed by atoms with Crippen LogP contribution in [0.3, 0.4) is 0 Å². The number of para-hydroxylation sites is 1. The Morgan fingerprint density at radius 2 is 1.80 bits per heavy atom. The van der Waals surface area contributed by atoms with E-state index in [9.17, 15) is 4.79 Å². The largest absolute Gasteiger partial charge is 0.408 e. The molecule has 0 amide bonds. The second kappa shape index (κ2) is 9.77. The molecule has 2 aromatic rings. The summed E-state index contributed by atoms with van der Waals surface area (Å²) in [7, 11) is 0. The molecule has 132 valence electrons. The monoisotopic (exact) mass is 337 g/mol. The maximum atomic E-state index is 12.6. The van der Waals surface area contributed by atoms with E-state index in [0.717, 1.165) is 31.4 Å². The molecule has 0 unspecified atom stereocenters. The maximum Gasteiger partial charge on any atom is 0.344 e. The van der Waals surface area contributed by atoms with Crippen molar-refractivity contribution in [3.05, 3.63) is 65.2 Å². The number of benzene rings is 2. The van der Waals surface area contributed by atoms with Gasteiger partial charge in [-0.15, -0.1) is 0 Å². The van der Waals surface area contributed by atoms with Crippen molar-refractivity contribution < 1.29 is 9.53 Å². The molecule has 0 fully saturated rings. The molecule has 2 aromatic carbocycles. The molecule has 3 heteroatoms. The molecule has 0 radical (unpaired) electrons. The van der Waals surface area contributed by atoms with Gasteiger partial charge < -0.3 is 4.74 Å². The first-order valence-electron chi connectivity index (χ1n) is 9.08. The molecule has 2 rings (SSSR count). The first-order valence-corrected chi connectivity index (χ1v) is 9.08. The van der Waals surface area contributed by atoms with Crippen LogP contribution in [0, 0.1) is 6.92 Å². The second-order valence-electron chi connectivity index (χ2n) is 6.23. The number of aliphatic imine (C=N–C) groups is 1. The summed E-state index contributed by atoms with van der Waals surface area (Å²) in [5, 5.41) is 0. The van der Waals surface area contributed by atoms with Gasteiger partial charge in [-0.1, -0.05) is 44.5 Å². The minimum Gasteiger partial charge on any atom is -0.408 e. The SMILES string of the molecule is CCCCc1cc(C(=O)OC(CCC)=Nc2ccccc2)ccc1C. The number of hydrogen-bond acceptors (Lipinski definition) is 3. The van der Waals surface area contributed by atoms with Gasteiger partial charge in [0.15, 0.2) is 5.90 Å². The molecule has 0 spiro atoms. The van der Waals surface area contributed by atoms with Crippen molar-refractivity contribution in [2.75, 3.05) is 0 Å². The van der Waals surface area contributed by atoms with E-state index in [0.29, 0.717) is 17.9 Å². The fraction of sp³-hybridized carbons (Fsp3) is 0.364. The summed E-state index contributed by atoms with van der Waals surface area (Å²) in [6.07, 6.45) is 4.75. The molecule has 0 bridgehead atoms. The third kappa shape index (κ3) is 5.86. The molecule has 0 aliphatic heterocycles. The van der Waals surface area contributed by atoms with Crippen LogP contribution >= 0.6 is 0 Å². The predicted octanol–water partition coefficient (Wildman–Crippen LogP) is 6.02. The van der Waals surface area contributed by atoms with Gasteiger partial charge in [0, 0.05) is 6.42 Å². The Hall–Kier alpha value is -2.42. The molecular formula is C22H27NO2. The highest BCUT2D eigenvalue weighted by molar-refractivity contribution is 5.99. The van der Waals surface area contributed by atoms with Gasteiger partial charge >= 0.3 is 5.97 Å². The maximum absolute atomic E-state index is 12.6. The van der Waals surface area contributed by atoms with Gasteiger partial charge in [-0.3, -0.25) is 0 Å². The van der Waals surface area contributed by atoms with Gasteiger partial charge in [-0.25, -0.2) is 9.79 Å². The Bertz CT molecular complexity index is 720. The minimum absolute atomic E-state index is 0.333. The normalized spacial score (nSPS) is 11.4. The third-order valence-corrected chi connectivity index (χ3v) is 4.07. The number of aryl methyl sites for hydroxylation is 2. The van der Waals surface area contributed by atoms with Crippen molar-refractivity contribution in [2.24, 2.45) is 4.99 Å². The Labute approximate surface area is 150 Å². The summed E-state index contributed by atoms with van der Waals surface area (Å²) in [5.41, 5.74) is 3.82. The van der Waals surface area contributed by atoms with Crippen LogP contribution in [-0.4, -0.2) is 11.9 Å². The number of esters is 1. The standard InChI is InChI=1S/C22H27NO2/c1-4-6-11-18-16-19(15-14-17(18)3)22(24)25-21(10-5-2)23-20-12-8-7-9-13-20/h7-9,12-16H,4-6,10-11H2,1-3H3. The molecule has 0 heterocycles. The lowest BCUT2D eigenvalue weighted by molar-refractivity contribution is 0.0711. The van der Waals surface area contributed by atoms with E-state index in [4.69, 9.17) is 4.74 Å². The van der Waals surface area contributed by atoms with E-state index in [-0.39, 0.29) is 5.97 Å². The van der Waals surface area contributed by atoms with Crippen LogP contribution in [0.4, 0.5) is 5.69 Å². The average molecular weight is 337 g/mol. The van der Waals surface area contributed by atoms with Crippen molar-refractivity contribution in [1.82, 2.24) is 0 Å². The Balaban J connectivity index is 2.17. The van der Waals surface area contributed by atoms with E-state index >= 15 is 0 Å². The van der Waals surface area contributed by atoms with E-state index in [1.807, 2.05) is 55.5 Å². The molecular weight excluding hydrogens is 310 g/mol. The fourth-order valence-electron chi connectivity index (χ4n) is 2.59. The molecule has 0 saturated heterocycles. The lowest BCUT2D eigenvalue weighted by Gasteiger charge is -2.10.